The first kappa shape index (κ1) is 28.0. The van der Waals surface area contributed by atoms with Gasteiger partial charge < -0.3 is 20.9 Å². The van der Waals surface area contributed by atoms with Crippen molar-refractivity contribution in [3.63, 3.8) is 0 Å². The Morgan fingerprint density at radius 3 is 2.32 bits per heavy atom. The van der Waals surface area contributed by atoms with Crippen LogP contribution in [0, 0.1) is 5.92 Å². The molecule has 194 valence electrons. The van der Waals surface area contributed by atoms with E-state index < -0.39 is 0 Å². The molecule has 0 unspecified atom stereocenters. The third-order valence-electron chi connectivity index (χ3n) is 4.79. The zero-order valence-corrected chi connectivity index (χ0v) is 22.7. The summed E-state index contributed by atoms with van der Waals surface area (Å²) >= 11 is 12.0. The highest BCUT2D eigenvalue weighted by atomic mass is 35.5. The first-order valence-electron chi connectivity index (χ1n) is 12.0. The zero-order valence-electron chi connectivity index (χ0n) is 21.2. The van der Waals surface area contributed by atoms with Crippen LogP contribution in [0.5, 0.6) is 0 Å². The van der Waals surface area contributed by atoms with Gasteiger partial charge in [0.2, 0.25) is 11.9 Å². The third kappa shape index (κ3) is 10.1. The minimum absolute atomic E-state index is 0.0743. The molecule has 0 aliphatic carbocycles. The molecule has 4 aromatic rings. The van der Waals surface area contributed by atoms with Gasteiger partial charge in [0, 0.05) is 47.2 Å². The lowest BCUT2D eigenvalue weighted by atomic mass is 10.2. The summed E-state index contributed by atoms with van der Waals surface area (Å²) in [5, 5.41) is 10.5. The summed E-state index contributed by atoms with van der Waals surface area (Å²) in [5.74, 6) is 1.66. The second-order valence-corrected chi connectivity index (χ2v) is 9.91. The van der Waals surface area contributed by atoms with Gasteiger partial charge in [0.25, 0.3) is 0 Å². The monoisotopic (exact) mass is 538 g/mol. The normalized spacial score (nSPS) is 10.4. The van der Waals surface area contributed by atoms with Crippen molar-refractivity contribution in [3.8, 4) is 11.3 Å². The number of halogens is 2. The summed E-state index contributed by atoms with van der Waals surface area (Å²) in [6.45, 7) is 7.51. The molecule has 0 radical (unpaired) electrons. The van der Waals surface area contributed by atoms with E-state index in [0.717, 1.165) is 28.3 Å². The molecule has 4 rings (SSSR count). The van der Waals surface area contributed by atoms with Crippen molar-refractivity contribution in [3.05, 3.63) is 94.2 Å². The van der Waals surface area contributed by atoms with Gasteiger partial charge in [0.05, 0.1) is 12.2 Å². The molecule has 0 fully saturated rings. The fourth-order valence-electron chi connectivity index (χ4n) is 3.11. The summed E-state index contributed by atoms with van der Waals surface area (Å²) in [5.41, 5.74) is 3.62. The van der Waals surface area contributed by atoms with Crippen molar-refractivity contribution in [1.29, 1.82) is 0 Å². The van der Waals surface area contributed by atoms with Gasteiger partial charge in [-0.25, -0.2) is 4.98 Å². The first-order valence-corrected chi connectivity index (χ1v) is 12.8. The van der Waals surface area contributed by atoms with E-state index in [1.165, 1.54) is 0 Å². The molecule has 9 heteroatoms. The lowest BCUT2D eigenvalue weighted by Crippen LogP contribution is -2.29. The van der Waals surface area contributed by atoms with Gasteiger partial charge in [-0.05, 0) is 47.4 Å². The fraction of sp³-hybridized carbons (Fsp3) is 0.250. The Hall–Kier alpha value is -3.55. The molecule has 7 nitrogen and oxygen atoms in total. The van der Waals surface area contributed by atoms with E-state index in [-0.39, 0.29) is 12.5 Å². The number of nitrogens with one attached hydrogen (secondary N) is 4. The highest BCUT2D eigenvalue weighted by molar-refractivity contribution is 6.30. The first-order chi connectivity index (χ1) is 17.8. The summed E-state index contributed by atoms with van der Waals surface area (Å²) in [6, 6.07) is 18.6. The number of H-pyrrole nitrogens is 1. The average molecular weight is 540 g/mol. The maximum atomic E-state index is 12.3. The van der Waals surface area contributed by atoms with Crippen LogP contribution in [0.4, 0.5) is 11.8 Å². The van der Waals surface area contributed by atoms with Crippen LogP contribution < -0.4 is 16.0 Å². The number of nitrogens with zero attached hydrogens (tertiary/aromatic N) is 2. The van der Waals surface area contributed by atoms with Gasteiger partial charge in [-0.3, -0.25) is 4.79 Å². The molecule has 0 bridgehead atoms. The Morgan fingerprint density at radius 1 is 0.892 bits per heavy atom. The van der Waals surface area contributed by atoms with E-state index in [0.29, 0.717) is 34.9 Å². The van der Waals surface area contributed by atoms with Crippen LogP contribution in [0.1, 0.15) is 31.9 Å². The zero-order chi connectivity index (χ0) is 26.6. The molecule has 2 heterocycles. The van der Waals surface area contributed by atoms with Crippen molar-refractivity contribution in [2.24, 2.45) is 5.92 Å². The quantitative estimate of drug-likeness (QED) is 0.188. The van der Waals surface area contributed by atoms with Crippen LogP contribution in [0.15, 0.2) is 73.1 Å². The van der Waals surface area contributed by atoms with Crippen LogP contribution >= 0.6 is 23.2 Å². The number of aromatic nitrogens is 3. The molecule has 2 aromatic heterocycles. The van der Waals surface area contributed by atoms with Crippen molar-refractivity contribution in [2.75, 3.05) is 17.2 Å². The SMILES string of the molecule is CC(C)C.O=C(CNc1cc(-c2cc[nH]c2)nc(NCc2cccc(Cl)c2)n1)NCc1ccc(Cl)cc1. The molecule has 4 N–H and O–H groups in total. The average Bonchev–Trinajstić information content (AvgIpc) is 3.41. The van der Waals surface area contributed by atoms with Crippen LogP contribution in [0.2, 0.25) is 10.0 Å². The lowest BCUT2D eigenvalue weighted by molar-refractivity contribution is -0.119. The Balaban J connectivity index is 0.000000886. The summed E-state index contributed by atoms with van der Waals surface area (Å²) in [7, 11) is 0. The van der Waals surface area contributed by atoms with E-state index in [1.54, 1.807) is 18.2 Å². The van der Waals surface area contributed by atoms with E-state index in [4.69, 9.17) is 23.2 Å². The lowest BCUT2D eigenvalue weighted by Gasteiger charge is -2.11. The van der Waals surface area contributed by atoms with Crippen molar-refractivity contribution < 1.29 is 4.79 Å². The number of benzene rings is 2. The molecule has 0 saturated carbocycles. The standard InChI is InChI=1S/C24H22Cl2N6O.C4H10/c25-19-6-4-16(5-7-19)12-29-23(33)15-28-22-11-21(18-8-9-27-14-18)31-24(32-22)30-13-17-2-1-3-20(26)10-17;1-4(2)3/h1-11,14,27H,12-13,15H2,(H,29,33)(H2,28,30,31,32);4H,1-3H3. The Bertz CT molecular complexity index is 1260. The van der Waals surface area contributed by atoms with Crippen LogP contribution in [-0.4, -0.2) is 27.4 Å². The third-order valence-corrected chi connectivity index (χ3v) is 5.28. The van der Waals surface area contributed by atoms with Crippen LogP contribution in [0.25, 0.3) is 11.3 Å². The smallest absolute Gasteiger partial charge is 0.239 e. The molecule has 0 spiro atoms. The van der Waals surface area contributed by atoms with Crippen molar-refractivity contribution >= 4 is 40.9 Å². The van der Waals surface area contributed by atoms with Gasteiger partial charge in [-0.1, -0.05) is 68.2 Å². The molecule has 0 aliphatic rings. The Labute approximate surface area is 228 Å². The van der Waals surface area contributed by atoms with E-state index >= 15 is 0 Å². The number of hydrogen-bond acceptors (Lipinski definition) is 5. The van der Waals surface area contributed by atoms with Crippen LogP contribution in [0.3, 0.4) is 0 Å². The van der Waals surface area contributed by atoms with Crippen LogP contribution in [-0.2, 0) is 17.9 Å². The highest BCUT2D eigenvalue weighted by Gasteiger charge is 2.09. The van der Waals surface area contributed by atoms with Gasteiger partial charge >= 0.3 is 0 Å². The molecule has 37 heavy (non-hydrogen) atoms. The number of carbonyl (C=O) groups is 1. The van der Waals surface area contributed by atoms with E-state index in [1.807, 2.05) is 54.9 Å². The number of anilines is 2. The van der Waals surface area contributed by atoms with Gasteiger partial charge in [-0.15, -0.1) is 0 Å². The molecule has 2 aromatic carbocycles. The highest BCUT2D eigenvalue weighted by Crippen LogP contribution is 2.21. The number of carbonyl (C=O) groups excluding carboxylic acids is 1. The minimum atomic E-state index is -0.153. The molecule has 0 aliphatic heterocycles. The van der Waals surface area contributed by atoms with Crippen molar-refractivity contribution in [1.82, 2.24) is 20.3 Å². The molecule has 0 saturated heterocycles. The topological polar surface area (TPSA) is 94.7 Å². The maximum absolute atomic E-state index is 12.3. The Kier molecular flexibility index (Phi) is 10.8. The second-order valence-electron chi connectivity index (χ2n) is 9.03. The second kappa shape index (κ2) is 14.3. The summed E-state index contributed by atoms with van der Waals surface area (Å²) in [4.78, 5) is 24.5. The van der Waals surface area contributed by atoms with Crippen molar-refractivity contribution in [2.45, 2.75) is 33.9 Å². The largest absolute Gasteiger partial charge is 0.367 e. The van der Waals surface area contributed by atoms with E-state index in [2.05, 4.69) is 51.7 Å². The summed E-state index contributed by atoms with van der Waals surface area (Å²) < 4.78 is 0. The van der Waals surface area contributed by atoms with Gasteiger partial charge in [0.15, 0.2) is 0 Å². The maximum Gasteiger partial charge on any atom is 0.239 e. The summed E-state index contributed by atoms with van der Waals surface area (Å²) in [6.07, 6.45) is 3.68. The number of rotatable bonds is 9. The number of amides is 1. The fourth-order valence-corrected chi connectivity index (χ4v) is 3.45. The Morgan fingerprint density at radius 2 is 1.65 bits per heavy atom. The molecular weight excluding hydrogens is 507 g/mol. The number of aromatic amines is 1. The number of hydrogen-bond donors (Lipinski definition) is 4. The predicted molar refractivity (Wildman–Crippen MR) is 153 cm³/mol. The molecular formula is C28H32Cl2N6O. The van der Waals surface area contributed by atoms with E-state index in [9.17, 15) is 4.79 Å². The van der Waals surface area contributed by atoms with Gasteiger partial charge in [0.1, 0.15) is 5.82 Å². The minimum Gasteiger partial charge on any atom is -0.367 e. The molecule has 0 atom stereocenters. The predicted octanol–water partition coefficient (Wildman–Crippen LogP) is 6.78. The molecule has 1 amide bonds. The van der Waals surface area contributed by atoms with Gasteiger partial charge in [-0.2, -0.15) is 4.98 Å².